The second-order valence-corrected chi connectivity index (χ2v) is 8.15. The van der Waals surface area contributed by atoms with Crippen molar-refractivity contribution in [2.45, 2.75) is 12.5 Å². The summed E-state index contributed by atoms with van der Waals surface area (Å²) in [7, 11) is 3.16. The van der Waals surface area contributed by atoms with Gasteiger partial charge in [-0.3, -0.25) is 5.10 Å². The van der Waals surface area contributed by atoms with Crippen LogP contribution in [0.1, 0.15) is 22.6 Å². The highest BCUT2D eigenvalue weighted by molar-refractivity contribution is 5.72. The molecule has 0 saturated carbocycles. The Labute approximate surface area is 208 Å². The lowest BCUT2D eigenvalue weighted by Crippen LogP contribution is -2.21. The number of aromatic amines is 1. The normalized spacial score (nSPS) is 14.4. The van der Waals surface area contributed by atoms with E-state index in [0.29, 0.717) is 35.2 Å². The van der Waals surface area contributed by atoms with E-state index in [0.717, 1.165) is 22.4 Å². The molecule has 0 spiro atoms. The molecule has 1 aromatic heterocycles. The van der Waals surface area contributed by atoms with Crippen molar-refractivity contribution in [3.8, 4) is 40.5 Å². The zero-order chi connectivity index (χ0) is 25.1. The fraction of sp³-hybridized carbons (Fsp3) is 0.143. The van der Waals surface area contributed by atoms with E-state index in [1.807, 2.05) is 66.7 Å². The number of nitriles is 1. The lowest BCUT2D eigenvalue weighted by atomic mass is 9.82. The summed E-state index contributed by atoms with van der Waals surface area (Å²) >= 11 is 0. The van der Waals surface area contributed by atoms with Crippen LogP contribution in [0, 0.1) is 11.3 Å². The smallest absolute Gasteiger partial charge is 0.244 e. The van der Waals surface area contributed by atoms with E-state index in [4.69, 9.17) is 24.7 Å². The summed E-state index contributed by atoms with van der Waals surface area (Å²) in [5.74, 6) is 1.70. The van der Waals surface area contributed by atoms with Gasteiger partial charge in [0.15, 0.2) is 0 Å². The van der Waals surface area contributed by atoms with Crippen molar-refractivity contribution in [2.75, 3.05) is 14.2 Å². The third-order valence-electron chi connectivity index (χ3n) is 6.08. The molecule has 0 amide bonds. The third-order valence-corrected chi connectivity index (χ3v) is 6.08. The van der Waals surface area contributed by atoms with Crippen molar-refractivity contribution >= 4 is 0 Å². The molecule has 8 nitrogen and oxygen atoms in total. The molecule has 5 rings (SSSR count). The third kappa shape index (κ3) is 4.18. The van der Waals surface area contributed by atoms with Crippen molar-refractivity contribution < 1.29 is 18.9 Å². The summed E-state index contributed by atoms with van der Waals surface area (Å²) in [6.45, 7) is 0.475. The standard InChI is InChI=1S/C28H24N4O4/c1-33-20-12-13-21(23(14-20)34-2)24-22(15-29)27(30)36-28-25(24)26(31-32-28)18-8-10-19(11-9-18)35-16-17-6-4-3-5-7-17/h3-14,24H,16,30H2,1-2H3,(H,31,32)/t24-/m1/s1. The van der Waals surface area contributed by atoms with Crippen molar-refractivity contribution in [1.29, 1.82) is 5.26 Å². The number of rotatable bonds is 7. The molecule has 4 aromatic rings. The maximum atomic E-state index is 9.99. The number of allylic oxidation sites excluding steroid dienone is 1. The Balaban J connectivity index is 1.52. The first kappa shape index (κ1) is 22.9. The Hall–Kier alpha value is -4.90. The van der Waals surface area contributed by atoms with Gasteiger partial charge in [-0.2, -0.15) is 5.26 Å². The monoisotopic (exact) mass is 480 g/mol. The predicted molar refractivity (Wildman–Crippen MR) is 134 cm³/mol. The summed E-state index contributed by atoms with van der Waals surface area (Å²) < 4.78 is 22.6. The SMILES string of the molecule is COc1ccc([C@@H]2C(C#N)=C(N)Oc3n[nH]c(-c4ccc(OCc5ccccc5)cc4)c32)c(OC)c1. The fourth-order valence-electron chi connectivity index (χ4n) is 4.29. The summed E-state index contributed by atoms with van der Waals surface area (Å²) in [4.78, 5) is 0. The Morgan fingerprint density at radius 3 is 2.44 bits per heavy atom. The molecule has 0 bridgehead atoms. The second-order valence-electron chi connectivity index (χ2n) is 8.15. The second kappa shape index (κ2) is 9.76. The summed E-state index contributed by atoms with van der Waals surface area (Å²) in [5, 5.41) is 17.4. The van der Waals surface area contributed by atoms with Gasteiger partial charge < -0.3 is 24.7 Å². The Morgan fingerprint density at radius 1 is 1.00 bits per heavy atom. The van der Waals surface area contributed by atoms with Crippen LogP contribution in [0.4, 0.5) is 0 Å². The van der Waals surface area contributed by atoms with E-state index >= 15 is 0 Å². The number of nitrogens with zero attached hydrogens (tertiary/aromatic N) is 2. The minimum Gasteiger partial charge on any atom is -0.497 e. The van der Waals surface area contributed by atoms with Gasteiger partial charge in [0.1, 0.15) is 35.5 Å². The molecule has 8 heteroatoms. The molecule has 0 radical (unpaired) electrons. The summed E-state index contributed by atoms with van der Waals surface area (Å²) in [5.41, 5.74) is 10.5. The quantitative estimate of drug-likeness (QED) is 0.387. The molecule has 3 aromatic carbocycles. The maximum absolute atomic E-state index is 9.99. The minimum atomic E-state index is -0.553. The van der Waals surface area contributed by atoms with E-state index in [1.54, 1.807) is 20.3 Å². The van der Waals surface area contributed by atoms with Crippen LogP contribution < -0.4 is 24.7 Å². The van der Waals surface area contributed by atoms with E-state index in [2.05, 4.69) is 16.3 Å². The van der Waals surface area contributed by atoms with Gasteiger partial charge in [0.2, 0.25) is 11.8 Å². The number of aromatic nitrogens is 2. The number of hydrogen-bond donors (Lipinski definition) is 2. The number of fused-ring (bicyclic) bond motifs is 1. The van der Waals surface area contributed by atoms with Crippen LogP contribution in [0.25, 0.3) is 11.3 Å². The average Bonchev–Trinajstić information content (AvgIpc) is 3.35. The van der Waals surface area contributed by atoms with Crippen molar-refractivity contribution in [2.24, 2.45) is 5.73 Å². The summed E-state index contributed by atoms with van der Waals surface area (Å²) in [6, 6.07) is 25.3. The molecule has 0 saturated heterocycles. The van der Waals surface area contributed by atoms with Crippen LogP contribution in [0.2, 0.25) is 0 Å². The number of nitrogens with two attached hydrogens (primary N) is 1. The zero-order valence-electron chi connectivity index (χ0n) is 19.8. The lowest BCUT2D eigenvalue weighted by Gasteiger charge is -2.25. The first-order chi connectivity index (χ1) is 17.6. The number of nitrogens with one attached hydrogen (secondary N) is 1. The number of methoxy groups -OCH3 is 2. The van der Waals surface area contributed by atoms with Gasteiger partial charge in [0, 0.05) is 17.2 Å². The van der Waals surface area contributed by atoms with E-state index in [9.17, 15) is 5.26 Å². The number of H-pyrrole nitrogens is 1. The molecular formula is C28H24N4O4. The van der Waals surface area contributed by atoms with Crippen LogP contribution in [0.5, 0.6) is 23.1 Å². The van der Waals surface area contributed by atoms with Crippen LogP contribution >= 0.6 is 0 Å². The van der Waals surface area contributed by atoms with Gasteiger partial charge in [-0.05, 0) is 35.9 Å². The molecule has 0 fully saturated rings. The molecule has 1 atom stereocenters. The number of benzene rings is 3. The van der Waals surface area contributed by atoms with Crippen LogP contribution in [0.15, 0.2) is 84.3 Å². The number of ether oxygens (including phenoxy) is 4. The van der Waals surface area contributed by atoms with Crippen LogP contribution in [-0.2, 0) is 6.61 Å². The molecular weight excluding hydrogens is 456 g/mol. The average molecular weight is 481 g/mol. The van der Waals surface area contributed by atoms with E-state index < -0.39 is 5.92 Å². The number of hydrogen-bond acceptors (Lipinski definition) is 7. The highest BCUT2D eigenvalue weighted by Gasteiger charge is 2.37. The topological polar surface area (TPSA) is 115 Å². The highest BCUT2D eigenvalue weighted by Crippen LogP contribution is 2.48. The Morgan fingerprint density at radius 2 is 1.75 bits per heavy atom. The molecule has 0 unspecified atom stereocenters. The summed E-state index contributed by atoms with van der Waals surface area (Å²) in [6.07, 6.45) is 0. The van der Waals surface area contributed by atoms with Gasteiger partial charge in [0.25, 0.3) is 0 Å². The van der Waals surface area contributed by atoms with Gasteiger partial charge in [-0.1, -0.05) is 36.4 Å². The molecule has 2 heterocycles. The first-order valence-corrected chi connectivity index (χ1v) is 11.3. The van der Waals surface area contributed by atoms with Crippen LogP contribution in [0.3, 0.4) is 0 Å². The lowest BCUT2D eigenvalue weighted by molar-refractivity contribution is 0.306. The van der Waals surface area contributed by atoms with Gasteiger partial charge in [-0.25, -0.2) is 0 Å². The van der Waals surface area contributed by atoms with Gasteiger partial charge >= 0.3 is 0 Å². The molecule has 1 aliphatic rings. The first-order valence-electron chi connectivity index (χ1n) is 11.3. The molecule has 36 heavy (non-hydrogen) atoms. The highest BCUT2D eigenvalue weighted by atomic mass is 16.5. The Kier molecular flexibility index (Phi) is 6.20. The predicted octanol–water partition coefficient (Wildman–Crippen LogP) is 4.89. The maximum Gasteiger partial charge on any atom is 0.244 e. The van der Waals surface area contributed by atoms with E-state index in [1.165, 1.54) is 0 Å². The Bertz CT molecular complexity index is 1450. The zero-order valence-corrected chi connectivity index (χ0v) is 19.8. The van der Waals surface area contributed by atoms with Crippen molar-refractivity contribution in [1.82, 2.24) is 10.2 Å². The van der Waals surface area contributed by atoms with Crippen LogP contribution in [-0.4, -0.2) is 24.4 Å². The van der Waals surface area contributed by atoms with Crippen molar-refractivity contribution in [3.05, 3.63) is 101 Å². The van der Waals surface area contributed by atoms with Crippen molar-refractivity contribution in [3.63, 3.8) is 0 Å². The molecule has 1 aliphatic heterocycles. The molecule has 0 aliphatic carbocycles. The fourth-order valence-corrected chi connectivity index (χ4v) is 4.29. The largest absolute Gasteiger partial charge is 0.497 e. The molecule has 180 valence electrons. The van der Waals surface area contributed by atoms with Gasteiger partial charge in [0.05, 0.1) is 31.4 Å². The molecule has 3 N–H and O–H groups in total. The minimum absolute atomic E-state index is 0.00980. The van der Waals surface area contributed by atoms with E-state index in [-0.39, 0.29) is 11.5 Å². The van der Waals surface area contributed by atoms with Gasteiger partial charge in [-0.15, -0.1) is 5.10 Å².